The quantitative estimate of drug-likeness (QED) is 0.515. The van der Waals surface area contributed by atoms with E-state index in [0.29, 0.717) is 0 Å². The number of nitrogens with zero attached hydrogens (tertiary/aromatic N) is 1. The molecule has 0 aromatic heterocycles. The maximum Gasteiger partial charge on any atom is 0.511 e. The molecule has 0 aliphatic carbocycles. The minimum Gasteiger partial charge on any atom is -0.148 e. The Bertz CT molecular complexity index is 104. The van der Waals surface area contributed by atoms with E-state index in [1.165, 1.54) is 0 Å². The van der Waals surface area contributed by atoms with Crippen molar-refractivity contribution in [2.24, 2.45) is 4.36 Å². The minimum atomic E-state index is -4.60. The monoisotopic (exact) mass is 185 g/mol. The van der Waals surface area contributed by atoms with Crippen LogP contribution in [0.5, 0.6) is 0 Å². The van der Waals surface area contributed by atoms with Gasteiger partial charge in [0.05, 0.1) is 9.12 Å². The molecule has 0 N–H and O–H groups in total. The molecule has 0 saturated carbocycles. The molecule has 0 spiro atoms. The van der Waals surface area contributed by atoms with Crippen LogP contribution in [-0.2, 0) is 9.12 Å². The molecule has 8 heavy (non-hydrogen) atoms. The predicted molar refractivity (Wildman–Crippen MR) is 27.6 cm³/mol. The molecule has 0 fully saturated rings. The van der Waals surface area contributed by atoms with Gasteiger partial charge in [0.15, 0.2) is 0 Å². The standard InChI is InChI=1S/CCl2F3NS/c2-8(3)7-1(4,5)6. The van der Waals surface area contributed by atoms with Crippen molar-refractivity contribution in [3.05, 3.63) is 0 Å². The third-order valence-corrected chi connectivity index (χ3v) is 0.932. The summed E-state index contributed by atoms with van der Waals surface area (Å²) in [6.45, 7) is 0. The van der Waals surface area contributed by atoms with Crippen LogP contribution in [0.25, 0.3) is 0 Å². The van der Waals surface area contributed by atoms with Crippen LogP contribution in [0.4, 0.5) is 13.2 Å². The van der Waals surface area contributed by atoms with Gasteiger partial charge in [-0.3, -0.25) is 0 Å². The summed E-state index contributed by atoms with van der Waals surface area (Å²) >= 11 is 0. The second-order valence-electron chi connectivity index (χ2n) is 0.755. The lowest BCUT2D eigenvalue weighted by Crippen LogP contribution is -2.00. The molecule has 0 heterocycles. The van der Waals surface area contributed by atoms with Crippen LogP contribution in [0, 0.1) is 0 Å². The fourth-order valence-electron chi connectivity index (χ4n) is 0.0782. The highest BCUT2D eigenvalue weighted by Gasteiger charge is 2.26. The van der Waals surface area contributed by atoms with Gasteiger partial charge in [-0.05, 0) is 21.4 Å². The molecule has 0 atom stereocenters. The van der Waals surface area contributed by atoms with Crippen molar-refractivity contribution in [3.63, 3.8) is 0 Å². The molecule has 0 aromatic carbocycles. The third-order valence-electron chi connectivity index (χ3n) is 0.173. The van der Waals surface area contributed by atoms with Crippen molar-refractivity contribution >= 4 is 30.5 Å². The van der Waals surface area contributed by atoms with E-state index in [-0.39, 0.29) is 0 Å². The van der Waals surface area contributed by atoms with Gasteiger partial charge >= 0.3 is 6.30 Å². The summed E-state index contributed by atoms with van der Waals surface area (Å²) in [5.41, 5.74) is 0. The van der Waals surface area contributed by atoms with E-state index < -0.39 is 15.4 Å². The van der Waals surface area contributed by atoms with E-state index >= 15 is 0 Å². The fraction of sp³-hybridized carbons (Fsp3) is 1.00. The molecule has 1 nitrogen and oxygen atoms in total. The summed E-state index contributed by atoms with van der Waals surface area (Å²) < 4.78 is 34.9. The highest BCUT2D eigenvalue weighted by Crippen LogP contribution is 2.19. The van der Waals surface area contributed by atoms with Crippen LogP contribution in [0.15, 0.2) is 4.36 Å². The summed E-state index contributed by atoms with van der Waals surface area (Å²) in [5, 5.41) is 0. The molecule has 0 saturated heterocycles. The van der Waals surface area contributed by atoms with Crippen LogP contribution in [-0.4, -0.2) is 6.30 Å². The fourth-order valence-corrected chi connectivity index (χ4v) is 0.704. The van der Waals surface area contributed by atoms with Gasteiger partial charge in [0.2, 0.25) is 0 Å². The number of hydrogen-bond acceptors (Lipinski definition) is 1. The van der Waals surface area contributed by atoms with Crippen molar-refractivity contribution in [3.8, 4) is 0 Å². The SMILES string of the molecule is FC(F)(F)N=S(Cl)Cl. The van der Waals surface area contributed by atoms with Crippen LogP contribution >= 0.6 is 21.4 Å². The van der Waals surface area contributed by atoms with Gasteiger partial charge < -0.3 is 0 Å². The van der Waals surface area contributed by atoms with E-state index in [9.17, 15) is 13.2 Å². The first kappa shape index (κ1) is 8.52. The van der Waals surface area contributed by atoms with Gasteiger partial charge in [0.1, 0.15) is 0 Å². The smallest absolute Gasteiger partial charge is 0.148 e. The van der Waals surface area contributed by atoms with Crippen LogP contribution in [0.1, 0.15) is 0 Å². The first-order valence-electron chi connectivity index (χ1n) is 1.28. The van der Waals surface area contributed by atoms with E-state index in [0.717, 1.165) is 0 Å². The summed E-state index contributed by atoms with van der Waals surface area (Å²) in [5.74, 6) is 0. The van der Waals surface area contributed by atoms with Gasteiger partial charge in [0.25, 0.3) is 0 Å². The highest BCUT2D eigenvalue weighted by molar-refractivity contribution is 8.28. The molecular formula is CCl2F3NS. The Labute approximate surface area is 54.9 Å². The van der Waals surface area contributed by atoms with Gasteiger partial charge in [-0.25, -0.2) is 0 Å². The second-order valence-corrected chi connectivity index (χ2v) is 3.56. The van der Waals surface area contributed by atoms with Gasteiger partial charge in [-0.1, -0.05) is 0 Å². The van der Waals surface area contributed by atoms with Gasteiger partial charge in [-0.2, -0.15) is 0 Å². The topological polar surface area (TPSA) is 12.4 Å². The summed E-state index contributed by atoms with van der Waals surface area (Å²) in [4.78, 5) is 0. The second kappa shape index (κ2) is 2.89. The van der Waals surface area contributed by atoms with Crippen molar-refractivity contribution in [2.45, 2.75) is 6.30 Å². The zero-order valence-corrected chi connectivity index (χ0v) is 5.57. The summed E-state index contributed by atoms with van der Waals surface area (Å²) in [6, 6.07) is 0. The first-order chi connectivity index (χ1) is 3.42. The van der Waals surface area contributed by atoms with E-state index in [4.69, 9.17) is 0 Å². The molecule has 0 bridgehead atoms. The Kier molecular flexibility index (Phi) is 3.08. The first-order valence-corrected chi connectivity index (χ1v) is 4.12. The molecule has 0 aromatic rings. The maximum atomic E-state index is 11.0. The number of halogens is 5. The Morgan fingerprint density at radius 1 is 1.25 bits per heavy atom. The minimum absolute atomic E-state index is 1.94. The molecule has 0 amide bonds. The van der Waals surface area contributed by atoms with E-state index in [1.807, 2.05) is 4.36 Å². The molecule has 0 rings (SSSR count). The van der Waals surface area contributed by atoms with Crippen molar-refractivity contribution < 1.29 is 13.2 Å². The van der Waals surface area contributed by atoms with Crippen molar-refractivity contribution in [2.75, 3.05) is 0 Å². The molecule has 0 radical (unpaired) electrons. The Balaban J connectivity index is 3.89. The van der Waals surface area contributed by atoms with Crippen LogP contribution in [0.2, 0.25) is 0 Å². The summed E-state index contributed by atoms with van der Waals surface area (Å²) in [7, 11) is 7.40. The molecule has 0 unspecified atom stereocenters. The number of hydrogen-bond donors (Lipinski definition) is 0. The molecule has 0 aliphatic rings. The lowest BCUT2D eigenvalue weighted by atomic mass is 11.3. The zero-order chi connectivity index (χ0) is 6.78. The largest absolute Gasteiger partial charge is 0.511 e. The lowest BCUT2D eigenvalue weighted by Gasteiger charge is -1.93. The average Bonchev–Trinajstić information content (AvgIpc) is 1.21. The molecule has 7 heteroatoms. The third kappa shape index (κ3) is 6.52. The lowest BCUT2D eigenvalue weighted by molar-refractivity contribution is -0.117. The van der Waals surface area contributed by atoms with Crippen molar-refractivity contribution in [1.29, 1.82) is 0 Å². The normalized spacial score (nSPS) is 12.2. The Morgan fingerprint density at radius 3 is 1.62 bits per heavy atom. The Hall–Kier alpha value is 0.520. The van der Waals surface area contributed by atoms with Crippen molar-refractivity contribution in [1.82, 2.24) is 0 Å². The average molecular weight is 186 g/mol. The summed E-state index contributed by atoms with van der Waals surface area (Å²) in [6.07, 6.45) is -4.60. The Morgan fingerprint density at radius 2 is 1.62 bits per heavy atom. The molecule has 50 valence electrons. The zero-order valence-electron chi connectivity index (χ0n) is 3.25. The van der Waals surface area contributed by atoms with Crippen LogP contribution in [0.3, 0.4) is 0 Å². The molecular weight excluding hydrogens is 186 g/mol. The number of alkyl halides is 3. The highest BCUT2D eigenvalue weighted by atomic mass is 36.0. The van der Waals surface area contributed by atoms with Gasteiger partial charge in [-0.15, -0.1) is 17.5 Å². The van der Waals surface area contributed by atoms with Gasteiger partial charge in [0, 0.05) is 0 Å². The predicted octanol–water partition coefficient (Wildman–Crippen LogP) is 2.62. The molecule has 0 aliphatic heterocycles. The van der Waals surface area contributed by atoms with E-state index in [2.05, 4.69) is 21.4 Å². The number of rotatable bonds is 0. The maximum absolute atomic E-state index is 11.0. The van der Waals surface area contributed by atoms with Crippen LogP contribution < -0.4 is 0 Å². The van der Waals surface area contributed by atoms with E-state index in [1.54, 1.807) is 0 Å².